The largest absolute Gasteiger partial charge is 0.389 e. The first-order valence-corrected chi connectivity index (χ1v) is 6.66. The van der Waals surface area contributed by atoms with Gasteiger partial charge in [-0.05, 0) is 5.56 Å². The van der Waals surface area contributed by atoms with Crippen molar-refractivity contribution < 1.29 is 5.11 Å². The van der Waals surface area contributed by atoms with E-state index in [0.717, 1.165) is 5.56 Å². The molecule has 1 fully saturated rings. The predicted octanol–water partition coefficient (Wildman–Crippen LogP) is -0.652. The standard InChI is InChI=1S/C14H16N4O3/c15-12-11(17-7-10(19)8-17)13(20)16-14(21)18(12)6-9-4-2-1-3-5-9/h1-5,10,19H,6-8,15H2,(H,16,20,21). The van der Waals surface area contributed by atoms with Crippen LogP contribution in [0.15, 0.2) is 39.9 Å². The average molecular weight is 288 g/mol. The third kappa shape index (κ3) is 2.43. The number of aliphatic hydroxyl groups excluding tert-OH is 1. The number of rotatable bonds is 3. The van der Waals surface area contributed by atoms with Crippen LogP contribution in [-0.4, -0.2) is 33.9 Å². The zero-order chi connectivity index (χ0) is 15.0. The van der Waals surface area contributed by atoms with E-state index in [1.54, 1.807) is 4.90 Å². The average Bonchev–Trinajstić information content (AvgIpc) is 2.42. The number of aliphatic hydroxyl groups is 1. The maximum absolute atomic E-state index is 12.0. The molecule has 7 heteroatoms. The fraction of sp³-hybridized carbons (Fsp3) is 0.286. The fourth-order valence-corrected chi connectivity index (χ4v) is 2.44. The molecular formula is C14H16N4O3. The van der Waals surface area contributed by atoms with Crippen LogP contribution in [-0.2, 0) is 6.54 Å². The molecule has 0 aliphatic carbocycles. The molecular weight excluding hydrogens is 272 g/mol. The number of benzene rings is 1. The number of nitrogens with one attached hydrogen (secondary N) is 1. The summed E-state index contributed by atoms with van der Waals surface area (Å²) in [6.45, 7) is 0.972. The van der Waals surface area contributed by atoms with E-state index in [1.165, 1.54) is 4.57 Å². The van der Waals surface area contributed by atoms with Gasteiger partial charge in [-0.3, -0.25) is 14.3 Å². The van der Waals surface area contributed by atoms with Crippen LogP contribution >= 0.6 is 0 Å². The highest BCUT2D eigenvalue weighted by atomic mass is 16.3. The van der Waals surface area contributed by atoms with E-state index in [9.17, 15) is 14.7 Å². The zero-order valence-electron chi connectivity index (χ0n) is 11.3. The maximum Gasteiger partial charge on any atom is 0.330 e. The Morgan fingerprint density at radius 1 is 1.24 bits per heavy atom. The molecule has 1 saturated heterocycles. The molecule has 21 heavy (non-hydrogen) atoms. The molecule has 2 heterocycles. The number of hydrogen-bond acceptors (Lipinski definition) is 5. The summed E-state index contributed by atoms with van der Waals surface area (Å²) in [4.78, 5) is 27.9. The summed E-state index contributed by atoms with van der Waals surface area (Å²) in [6.07, 6.45) is -0.460. The Morgan fingerprint density at radius 3 is 2.52 bits per heavy atom. The summed E-state index contributed by atoms with van der Waals surface area (Å²) in [5.74, 6) is 0.125. The Morgan fingerprint density at radius 2 is 1.90 bits per heavy atom. The number of nitrogen functional groups attached to an aromatic ring is 1. The summed E-state index contributed by atoms with van der Waals surface area (Å²) in [5, 5.41) is 9.36. The van der Waals surface area contributed by atoms with Crippen LogP contribution in [0, 0.1) is 0 Å². The summed E-state index contributed by atoms with van der Waals surface area (Å²) < 4.78 is 1.33. The first-order valence-electron chi connectivity index (χ1n) is 6.66. The first kappa shape index (κ1) is 13.4. The summed E-state index contributed by atoms with van der Waals surface area (Å²) >= 11 is 0. The molecule has 0 unspecified atom stereocenters. The number of β-amino-alcohol motifs (C(OH)–C–C–N with tert-alkyl or cyclic N) is 1. The molecule has 1 aliphatic heterocycles. The minimum absolute atomic E-state index is 0.125. The minimum atomic E-state index is -0.536. The lowest BCUT2D eigenvalue weighted by molar-refractivity contribution is 0.141. The summed E-state index contributed by atoms with van der Waals surface area (Å²) in [6, 6.07) is 9.38. The number of nitrogens with two attached hydrogens (primary N) is 1. The number of aromatic amines is 1. The monoisotopic (exact) mass is 288 g/mol. The number of nitrogens with zero attached hydrogens (tertiary/aromatic N) is 2. The highest BCUT2D eigenvalue weighted by molar-refractivity contribution is 5.64. The lowest BCUT2D eigenvalue weighted by atomic mass is 10.1. The maximum atomic E-state index is 12.0. The molecule has 4 N–H and O–H groups in total. The van der Waals surface area contributed by atoms with Gasteiger partial charge in [0.1, 0.15) is 11.5 Å². The van der Waals surface area contributed by atoms with Crippen LogP contribution in [0.3, 0.4) is 0 Å². The Kier molecular flexibility index (Phi) is 3.26. The van der Waals surface area contributed by atoms with Gasteiger partial charge >= 0.3 is 5.69 Å². The second kappa shape index (κ2) is 5.10. The Hall–Kier alpha value is -2.54. The van der Waals surface area contributed by atoms with Crippen molar-refractivity contribution in [1.29, 1.82) is 0 Å². The van der Waals surface area contributed by atoms with E-state index in [1.807, 2.05) is 30.3 Å². The van der Waals surface area contributed by atoms with Crippen LogP contribution in [0.4, 0.5) is 11.5 Å². The van der Waals surface area contributed by atoms with Gasteiger partial charge in [0.2, 0.25) is 0 Å². The van der Waals surface area contributed by atoms with Gasteiger partial charge in [-0.15, -0.1) is 0 Å². The van der Waals surface area contributed by atoms with E-state index in [-0.39, 0.29) is 18.1 Å². The summed E-state index contributed by atoms with van der Waals surface area (Å²) in [5.41, 5.74) is 6.11. The number of aromatic nitrogens is 2. The molecule has 1 aromatic heterocycles. The quantitative estimate of drug-likeness (QED) is 0.696. The van der Waals surface area contributed by atoms with Crippen molar-refractivity contribution in [3.63, 3.8) is 0 Å². The van der Waals surface area contributed by atoms with Gasteiger partial charge in [0, 0.05) is 13.1 Å². The molecule has 7 nitrogen and oxygen atoms in total. The minimum Gasteiger partial charge on any atom is -0.389 e. The lowest BCUT2D eigenvalue weighted by Gasteiger charge is -2.37. The lowest BCUT2D eigenvalue weighted by Crippen LogP contribution is -2.54. The fourth-order valence-electron chi connectivity index (χ4n) is 2.44. The second-order valence-corrected chi connectivity index (χ2v) is 5.12. The van der Waals surface area contributed by atoms with Gasteiger partial charge in [0.25, 0.3) is 5.56 Å². The number of H-pyrrole nitrogens is 1. The van der Waals surface area contributed by atoms with E-state index < -0.39 is 17.4 Å². The smallest absolute Gasteiger partial charge is 0.330 e. The van der Waals surface area contributed by atoms with Crippen molar-refractivity contribution in [2.24, 2.45) is 0 Å². The van der Waals surface area contributed by atoms with Crippen LogP contribution in [0.2, 0.25) is 0 Å². The molecule has 0 spiro atoms. The topological polar surface area (TPSA) is 104 Å². The molecule has 110 valence electrons. The molecule has 0 amide bonds. The number of anilines is 2. The Bertz CT molecular complexity index is 760. The molecule has 0 saturated carbocycles. The van der Waals surface area contributed by atoms with Crippen LogP contribution < -0.4 is 21.9 Å². The molecule has 2 aromatic rings. The van der Waals surface area contributed by atoms with Crippen molar-refractivity contribution in [3.8, 4) is 0 Å². The van der Waals surface area contributed by atoms with Gasteiger partial charge in [0.05, 0.1) is 12.6 Å². The van der Waals surface area contributed by atoms with Crippen LogP contribution in [0.25, 0.3) is 0 Å². The first-order chi connectivity index (χ1) is 10.1. The van der Waals surface area contributed by atoms with Crippen molar-refractivity contribution in [1.82, 2.24) is 9.55 Å². The van der Waals surface area contributed by atoms with Gasteiger partial charge in [-0.1, -0.05) is 30.3 Å². The van der Waals surface area contributed by atoms with Crippen LogP contribution in [0.1, 0.15) is 5.56 Å². The van der Waals surface area contributed by atoms with Crippen LogP contribution in [0.5, 0.6) is 0 Å². The highest BCUT2D eigenvalue weighted by Gasteiger charge is 2.29. The normalized spacial score (nSPS) is 15.0. The molecule has 0 bridgehead atoms. The number of hydrogen-bond donors (Lipinski definition) is 3. The zero-order valence-corrected chi connectivity index (χ0v) is 11.3. The van der Waals surface area contributed by atoms with E-state index >= 15 is 0 Å². The van der Waals surface area contributed by atoms with Crippen molar-refractivity contribution >= 4 is 11.5 Å². The molecule has 1 aromatic carbocycles. The SMILES string of the molecule is Nc1c(N2CC(O)C2)c(=O)[nH]c(=O)n1Cc1ccccc1. The molecule has 3 rings (SSSR count). The van der Waals surface area contributed by atoms with E-state index in [4.69, 9.17) is 5.73 Å². The van der Waals surface area contributed by atoms with Crippen molar-refractivity contribution in [2.75, 3.05) is 23.7 Å². The molecule has 1 aliphatic rings. The van der Waals surface area contributed by atoms with Gasteiger partial charge in [-0.2, -0.15) is 0 Å². The van der Waals surface area contributed by atoms with Crippen molar-refractivity contribution in [3.05, 3.63) is 56.7 Å². The third-order valence-electron chi connectivity index (χ3n) is 3.58. The third-order valence-corrected chi connectivity index (χ3v) is 3.58. The van der Waals surface area contributed by atoms with E-state index in [2.05, 4.69) is 4.98 Å². The van der Waals surface area contributed by atoms with Crippen molar-refractivity contribution in [2.45, 2.75) is 12.6 Å². The highest BCUT2D eigenvalue weighted by Crippen LogP contribution is 2.22. The van der Waals surface area contributed by atoms with E-state index in [0.29, 0.717) is 13.1 Å². The Balaban J connectivity index is 2.03. The Labute approximate surface area is 120 Å². The molecule has 0 atom stereocenters. The predicted molar refractivity (Wildman–Crippen MR) is 79.5 cm³/mol. The van der Waals surface area contributed by atoms with Gasteiger partial charge < -0.3 is 15.7 Å². The summed E-state index contributed by atoms with van der Waals surface area (Å²) in [7, 11) is 0. The van der Waals surface area contributed by atoms with Gasteiger partial charge in [0.15, 0.2) is 0 Å². The second-order valence-electron chi connectivity index (χ2n) is 5.12. The molecule has 0 radical (unpaired) electrons. The van der Waals surface area contributed by atoms with Gasteiger partial charge in [-0.25, -0.2) is 4.79 Å².